The molecule has 0 saturated carbocycles. The Hall–Kier alpha value is -2.23. The minimum Gasteiger partial charge on any atom is -0.454 e. The highest BCUT2D eigenvalue weighted by atomic mass is 35.5. The van der Waals surface area contributed by atoms with Gasteiger partial charge in [0.2, 0.25) is 5.78 Å². The number of nitrogens with two attached hydrogens (primary N) is 2. The predicted molar refractivity (Wildman–Crippen MR) is 78.7 cm³/mol. The Morgan fingerprint density at radius 2 is 2.00 bits per heavy atom. The van der Waals surface area contributed by atoms with E-state index in [4.69, 9.17) is 44.7 Å². The first-order valence-corrected chi connectivity index (χ1v) is 6.34. The lowest BCUT2D eigenvalue weighted by molar-refractivity contribution is -0.118. The van der Waals surface area contributed by atoms with Gasteiger partial charge < -0.3 is 16.2 Å². The maximum Gasteiger partial charge on any atom is 0.340 e. The Balaban J connectivity index is 2.88. The molecular formula is C13H11Cl2N3O3. The Bertz CT molecular complexity index is 674. The first-order chi connectivity index (χ1) is 9.77. The van der Waals surface area contributed by atoms with E-state index in [1.165, 1.54) is 19.1 Å². The molecule has 0 aliphatic rings. The summed E-state index contributed by atoms with van der Waals surface area (Å²) in [5.41, 5.74) is 10.7. The zero-order chi connectivity index (χ0) is 16.2. The van der Waals surface area contributed by atoms with Gasteiger partial charge in [-0.25, -0.2) is 4.79 Å². The molecule has 1 aromatic rings. The molecule has 110 valence electrons. The molecule has 0 heterocycles. The minimum atomic E-state index is -0.878. The number of nitrogens with zero attached hydrogens (tertiary/aromatic N) is 1. The van der Waals surface area contributed by atoms with Crippen molar-refractivity contribution < 1.29 is 14.3 Å². The largest absolute Gasteiger partial charge is 0.454 e. The van der Waals surface area contributed by atoms with Crippen LogP contribution in [-0.4, -0.2) is 18.4 Å². The lowest BCUT2D eigenvalue weighted by Gasteiger charge is -2.08. The van der Waals surface area contributed by atoms with Crippen LogP contribution in [0.1, 0.15) is 17.3 Å². The molecule has 0 unspecified atom stereocenters. The summed E-state index contributed by atoms with van der Waals surface area (Å²) < 4.78 is 4.79. The van der Waals surface area contributed by atoms with Crippen molar-refractivity contribution in [2.75, 3.05) is 12.3 Å². The second kappa shape index (κ2) is 6.97. The van der Waals surface area contributed by atoms with Gasteiger partial charge in [-0.2, -0.15) is 5.26 Å². The molecule has 0 radical (unpaired) electrons. The molecule has 6 nitrogen and oxygen atoms in total. The molecule has 0 aromatic heterocycles. The fraction of sp³-hybridized carbons (Fsp3) is 0.154. The molecule has 0 bridgehead atoms. The van der Waals surface area contributed by atoms with E-state index >= 15 is 0 Å². The van der Waals surface area contributed by atoms with Crippen LogP contribution in [0, 0.1) is 11.3 Å². The van der Waals surface area contributed by atoms with Crippen molar-refractivity contribution in [1.82, 2.24) is 0 Å². The third kappa shape index (κ3) is 4.12. The molecule has 1 aromatic carbocycles. The van der Waals surface area contributed by atoms with Crippen LogP contribution < -0.4 is 11.5 Å². The minimum absolute atomic E-state index is 0.00966. The highest BCUT2D eigenvalue weighted by molar-refractivity contribution is 6.37. The average molecular weight is 328 g/mol. The summed E-state index contributed by atoms with van der Waals surface area (Å²) >= 11 is 11.6. The SMILES string of the molecule is CC(N)=C(C#N)C(=O)COC(=O)c1cc(Cl)cc(Cl)c1N. The zero-order valence-corrected chi connectivity index (χ0v) is 12.5. The molecule has 0 fully saturated rings. The van der Waals surface area contributed by atoms with Gasteiger partial charge in [0.05, 0.1) is 16.3 Å². The molecular weight excluding hydrogens is 317 g/mol. The lowest BCUT2D eigenvalue weighted by Crippen LogP contribution is -2.18. The molecule has 0 aliphatic heterocycles. The first-order valence-electron chi connectivity index (χ1n) is 5.59. The number of carbonyl (C=O) groups is 2. The Labute approximate surface area is 130 Å². The number of carbonyl (C=O) groups excluding carboxylic acids is 2. The van der Waals surface area contributed by atoms with E-state index in [1.807, 2.05) is 0 Å². The van der Waals surface area contributed by atoms with Gasteiger partial charge in [-0.1, -0.05) is 23.2 Å². The van der Waals surface area contributed by atoms with E-state index in [1.54, 1.807) is 6.07 Å². The van der Waals surface area contributed by atoms with Crippen molar-refractivity contribution in [3.63, 3.8) is 0 Å². The van der Waals surface area contributed by atoms with Crippen LogP contribution in [0.3, 0.4) is 0 Å². The van der Waals surface area contributed by atoms with E-state index in [2.05, 4.69) is 0 Å². The quantitative estimate of drug-likeness (QED) is 0.378. The summed E-state index contributed by atoms with van der Waals surface area (Å²) in [5.74, 6) is -1.59. The van der Waals surface area contributed by atoms with Crippen molar-refractivity contribution in [1.29, 1.82) is 5.26 Å². The second-order valence-electron chi connectivity index (χ2n) is 4.02. The van der Waals surface area contributed by atoms with Crippen LogP contribution in [-0.2, 0) is 9.53 Å². The molecule has 0 saturated heterocycles. The monoisotopic (exact) mass is 327 g/mol. The van der Waals surface area contributed by atoms with Crippen LogP contribution in [0.4, 0.5) is 5.69 Å². The van der Waals surface area contributed by atoms with Crippen LogP contribution in [0.2, 0.25) is 10.0 Å². The van der Waals surface area contributed by atoms with E-state index in [0.29, 0.717) is 0 Å². The van der Waals surface area contributed by atoms with Gasteiger partial charge in [-0.3, -0.25) is 4.79 Å². The van der Waals surface area contributed by atoms with Crippen LogP contribution >= 0.6 is 23.2 Å². The van der Waals surface area contributed by atoms with Crippen molar-refractivity contribution in [3.05, 3.63) is 39.0 Å². The fourth-order valence-corrected chi connectivity index (χ4v) is 1.90. The number of rotatable bonds is 4. The number of esters is 1. The Morgan fingerprint density at radius 1 is 1.38 bits per heavy atom. The smallest absolute Gasteiger partial charge is 0.340 e. The van der Waals surface area contributed by atoms with Gasteiger partial charge in [-0.15, -0.1) is 0 Å². The summed E-state index contributed by atoms with van der Waals surface area (Å²) in [7, 11) is 0. The molecule has 21 heavy (non-hydrogen) atoms. The highest BCUT2D eigenvalue weighted by Crippen LogP contribution is 2.28. The molecule has 0 aliphatic carbocycles. The predicted octanol–water partition coefficient (Wildman–Crippen LogP) is 2.06. The maximum atomic E-state index is 11.9. The standard InChI is InChI=1S/C13H11Cl2N3O3/c1-6(17)9(4-16)11(19)5-21-13(20)8-2-7(14)3-10(15)12(8)18/h2-3H,5,17-18H2,1H3. The van der Waals surface area contributed by atoms with Crippen molar-refractivity contribution >= 4 is 40.6 Å². The number of ketones is 1. The average Bonchev–Trinajstić information content (AvgIpc) is 2.40. The Morgan fingerprint density at radius 3 is 2.52 bits per heavy atom. The van der Waals surface area contributed by atoms with Crippen molar-refractivity contribution in [2.24, 2.45) is 5.73 Å². The number of benzene rings is 1. The molecule has 0 amide bonds. The number of hydrogen-bond acceptors (Lipinski definition) is 6. The topological polar surface area (TPSA) is 119 Å². The van der Waals surface area contributed by atoms with E-state index < -0.39 is 18.4 Å². The van der Waals surface area contributed by atoms with Gasteiger partial charge in [0.25, 0.3) is 0 Å². The second-order valence-corrected chi connectivity index (χ2v) is 4.86. The number of halogens is 2. The third-order valence-electron chi connectivity index (χ3n) is 2.43. The van der Waals surface area contributed by atoms with Crippen LogP contribution in [0.15, 0.2) is 23.4 Å². The first kappa shape index (κ1) is 16.8. The number of Topliss-reactive ketones (excluding diaryl/α,β-unsaturated/α-hetero) is 1. The summed E-state index contributed by atoms with van der Waals surface area (Å²) in [5, 5.41) is 9.05. The van der Waals surface area contributed by atoms with Crippen molar-refractivity contribution in [2.45, 2.75) is 6.92 Å². The maximum absolute atomic E-state index is 11.9. The van der Waals surface area contributed by atoms with Gasteiger partial charge in [0, 0.05) is 10.7 Å². The number of nitriles is 1. The normalized spacial score (nSPS) is 11.3. The van der Waals surface area contributed by atoms with Crippen LogP contribution in [0.25, 0.3) is 0 Å². The number of anilines is 1. The molecule has 0 spiro atoms. The number of nitrogen functional groups attached to an aromatic ring is 1. The molecule has 8 heteroatoms. The highest BCUT2D eigenvalue weighted by Gasteiger charge is 2.18. The Kier molecular flexibility index (Phi) is 5.59. The van der Waals surface area contributed by atoms with E-state index in [9.17, 15) is 9.59 Å². The number of hydrogen-bond donors (Lipinski definition) is 2. The third-order valence-corrected chi connectivity index (χ3v) is 2.96. The van der Waals surface area contributed by atoms with Gasteiger partial charge in [0.15, 0.2) is 6.61 Å². The van der Waals surface area contributed by atoms with Gasteiger partial charge in [0.1, 0.15) is 11.6 Å². The molecule has 0 atom stereocenters. The summed E-state index contributed by atoms with van der Waals surface area (Å²) in [4.78, 5) is 23.5. The molecule has 4 N–H and O–H groups in total. The summed E-state index contributed by atoms with van der Waals surface area (Å²) in [6.07, 6.45) is 0. The zero-order valence-electron chi connectivity index (χ0n) is 10.9. The summed E-state index contributed by atoms with van der Waals surface area (Å²) in [6, 6.07) is 4.28. The van der Waals surface area contributed by atoms with Crippen LogP contribution in [0.5, 0.6) is 0 Å². The molecule has 1 rings (SSSR count). The van der Waals surface area contributed by atoms with E-state index in [0.717, 1.165) is 0 Å². The van der Waals surface area contributed by atoms with Gasteiger partial charge >= 0.3 is 5.97 Å². The number of allylic oxidation sites excluding steroid dienone is 1. The van der Waals surface area contributed by atoms with Gasteiger partial charge in [-0.05, 0) is 19.1 Å². The van der Waals surface area contributed by atoms with Crippen molar-refractivity contribution in [3.8, 4) is 6.07 Å². The number of ether oxygens (including phenoxy) is 1. The lowest BCUT2D eigenvalue weighted by atomic mass is 10.1. The summed E-state index contributed by atoms with van der Waals surface area (Å²) in [6.45, 7) is 0.757. The fourth-order valence-electron chi connectivity index (χ4n) is 1.41. The van der Waals surface area contributed by atoms with E-state index in [-0.39, 0.29) is 32.6 Å².